The highest BCUT2D eigenvalue weighted by atomic mass is 16.5. The Bertz CT molecular complexity index is 2050. The normalized spacial score (nSPS) is 34.9. The molecule has 3 heterocycles. The van der Waals surface area contributed by atoms with Gasteiger partial charge in [-0.1, -0.05) is 61.6 Å². The fourth-order valence-electron chi connectivity index (χ4n) is 10.5. The Morgan fingerprint density at radius 1 is 1.04 bits per heavy atom. The Labute approximate surface area is 307 Å². The monoisotopic (exact) mass is 695 g/mol. The van der Waals surface area contributed by atoms with Crippen LogP contribution in [0.25, 0.3) is 0 Å². The van der Waals surface area contributed by atoms with E-state index in [9.17, 15) is 0 Å². The molecule has 5 aliphatic carbocycles. The van der Waals surface area contributed by atoms with Crippen molar-refractivity contribution in [1.82, 2.24) is 5.32 Å². The molecule has 0 radical (unpaired) electrons. The smallest absolute Gasteiger partial charge is 0.124 e. The van der Waals surface area contributed by atoms with Crippen LogP contribution in [0.15, 0.2) is 136 Å². The van der Waals surface area contributed by atoms with Gasteiger partial charge in [-0.2, -0.15) is 0 Å². The molecule has 1 saturated carbocycles. The van der Waals surface area contributed by atoms with E-state index in [1.165, 1.54) is 28.0 Å². The van der Waals surface area contributed by atoms with Crippen LogP contribution in [0.2, 0.25) is 0 Å². The minimum Gasteiger partial charge on any atom is -0.500 e. The van der Waals surface area contributed by atoms with Crippen LogP contribution in [0.5, 0.6) is 5.75 Å². The average Bonchev–Trinajstić information content (AvgIpc) is 3.88. The topological polar surface area (TPSA) is 87.3 Å². The zero-order chi connectivity index (χ0) is 35.7. The van der Waals surface area contributed by atoms with Gasteiger partial charge in [-0.15, -0.1) is 0 Å². The van der Waals surface area contributed by atoms with Crippen LogP contribution in [-0.2, 0) is 19.6 Å². The van der Waals surface area contributed by atoms with E-state index in [-0.39, 0.29) is 41.4 Å². The summed E-state index contributed by atoms with van der Waals surface area (Å²) in [6.45, 7) is 4.25. The van der Waals surface area contributed by atoms with Gasteiger partial charge in [0.2, 0.25) is 0 Å². The van der Waals surface area contributed by atoms with E-state index in [2.05, 4.69) is 104 Å². The molecule has 9 atom stereocenters. The van der Waals surface area contributed by atoms with Gasteiger partial charge in [-0.25, -0.2) is 0 Å². The van der Waals surface area contributed by atoms with Gasteiger partial charge in [-0.05, 0) is 84.4 Å². The summed E-state index contributed by atoms with van der Waals surface area (Å²) in [5.74, 6) is 3.37. The van der Waals surface area contributed by atoms with Crippen molar-refractivity contribution in [2.24, 2.45) is 28.5 Å². The van der Waals surface area contributed by atoms with Crippen LogP contribution in [0.4, 0.5) is 0 Å². The molecular formula is C45H49N3O4. The maximum Gasteiger partial charge on any atom is 0.124 e. The molecule has 1 aromatic carbocycles. The number of hydrogen-bond donors (Lipinski definition) is 2. The minimum absolute atomic E-state index is 0.00574. The summed E-state index contributed by atoms with van der Waals surface area (Å²) < 4.78 is 25.0. The van der Waals surface area contributed by atoms with Crippen LogP contribution in [-0.4, -0.2) is 45.3 Å². The molecular weight excluding hydrogens is 647 g/mol. The lowest BCUT2D eigenvalue weighted by Crippen LogP contribution is -2.36. The molecule has 3 N–H and O–H groups in total. The van der Waals surface area contributed by atoms with Gasteiger partial charge in [-0.3, -0.25) is 4.99 Å². The van der Waals surface area contributed by atoms with E-state index in [0.717, 1.165) is 52.7 Å². The van der Waals surface area contributed by atoms with Crippen molar-refractivity contribution >= 4 is 5.71 Å². The number of allylic oxidation sites excluding steroid dienone is 12. The summed E-state index contributed by atoms with van der Waals surface area (Å²) in [4.78, 5) is 5.85. The molecule has 0 amide bonds. The van der Waals surface area contributed by atoms with Gasteiger partial charge in [0, 0.05) is 71.5 Å². The maximum absolute atomic E-state index is 7.00. The van der Waals surface area contributed by atoms with Crippen molar-refractivity contribution < 1.29 is 18.9 Å². The number of benzene rings is 1. The lowest BCUT2D eigenvalue weighted by molar-refractivity contribution is 0.0892. The number of hydrogen-bond acceptors (Lipinski definition) is 7. The molecule has 0 saturated heterocycles. The van der Waals surface area contributed by atoms with Crippen LogP contribution in [0.1, 0.15) is 68.1 Å². The zero-order valence-electron chi connectivity index (χ0n) is 30.8. The highest BCUT2D eigenvalue weighted by molar-refractivity contribution is 6.01. The second-order valence-corrected chi connectivity index (χ2v) is 15.3. The summed E-state index contributed by atoms with van der Waals surface area (Å²) in [6.07, 6.45) is 31.7. The summed E-state index contributed by atoms with van der Waals surface area (Å²) in [5.41, 5.74) is 17.4. The molecule has 1 fully saturated rings. The molecule has 268 valence electrons. The van der Waals surface area contributed by atoms with Crippen LogP contribution in [0, 0.1) is 17.8 Å². The zero-order valence-corrected chi connectivity index (χ0v) is 30.8. The quantitative estimate of drug-likeness (QED) is 0.281. The van der Waals surface area contributed by atoms with Gasteiger partial charge < -0.3 is 30.0 Å². The fraction of sp³-hybridized carbons (Fsp3) is 0.400. The van der Waals surface area contributed by atoms with Crippen molar-refractivity contribution in [2.75, 3.05) is 21.3 Å². The highest BCUT2D eigenvalue weighted by Gasteiger charge is 2.66. The van der Waals surface area contributed by atoms with Crippen LogP contribution >= 0.6 is 0 Å². The van der Waals surface area contributed by atoms with Crippen LogP contribution < -0.4 is 15.8 Å². The highest BCUT2D eigenvalue weighted by Crippen LogP contribution is 2.72. The Kier molecular flexibility index (Phi) is 8.11. The van der Waals surface area contributed by atoms with E-state index >= 15 is 0 Å². The molecule has 1 aromatic rings. The molecule has 8 aliphatic rings. The van der Waals surface area contributed by atoms with Gasteiger partial charge in [0.05, 0.1) is 32.3 Å². The van der Waals surface area contributed by atoms with Gasteiger partial charge in [0.15, 0.2) is 0 Å². The molecule has 7 heteroatoms. The van der Waals surface area contributed by atoms with E-state index in [4.69, 9.17) is 29.7 Å². The minimum atomic E-state index is -0.229. The van der Waals surface area contributed by atoms with E-state index in [1.807, 2.05) is 0 Å². The summed E-state index contributed by atoms with van der Waals surface area (Å²) in [6, 6.07) is 4.52. The third-order valence-corrected chi connectivity index (χ3v) is 12.8. The number of rotatable bonds is 7. The number of ether oxygens (including phenoxy) is 4. The van der Waals surface area contributed by atoms with Gasteiger partial charge in [0.1, 0.15) is 23.4 Å². The third-order valence-electron chi connectivity index (χ3n) is 12.8. The fourth-order valence-corrected chi connectivity index (χ4v) is 10.5. The first-order valence-electron chi connectivity index (χ1n) is 18.9. The SMILES string of the molecule is CCC(=NC1CC2=CC=C(OC)C=C(N2)C2c3c(ccc4c3C1C1=CC=CCC1O4)C13CC1C=CC=CC23)C(=CN)C1C(OC)=CC(C)=CC1OC. The molecule has 52 heavy (non-hydrogen) atoms. The standard InChI is InChI=1S/C45H49N3O4/c1-6-33(30(24-46)41-38(50-4)19-25(2)20-39(41)51-5)48-34-21-27-15-16-28(49-3)22-35(47-27)42-31-13-9-7-11-26-23-45(26,31)32-17-18-37-44(43(32)42)40(34)29-12-8-10-14-36(29)52-37/h7-13,15-20,22,24,26,31,34,36,38,40-42,47H,6,14,21,23,46H2,1-5H3. The van der Waals surface area contributed by atoms with Crippen molar-refractivity contribution in [2.45, 2.75) is 75.0 Å². The number of aliphatic imine (C=N–C) groups is 1. The molecule has 2 bridgehead atoms. The first-order valence-corrected chi connectivity index (χ1v) is 18.9. The first kappa shape index (κ1) is 33.1. The number of nitrogens with two attached hydrogens (primary N) is 1. The number of fused-ring (bicyclic) bond motifs is 6. The number of nitrogens with one attached hydrogen (secondary N) is 1. The lowest BCUT2D eigenvalue weighted by atomic mass is 9.73. The Balaban J connectivity index is 1.29. The number of nitrogens with zero attached hydrogens (tertiary/aromatic N) is 1. The van der Waals surface area contributed by atoms with Crippen LogP contribution in [0.3, 0.4) is 0 Å². The Hall–Kier alpha value is -4.75. The summed E-state index contributed by atoms with van der Waals surface area (Å²) in [5, 5.41) is 4.00. The predicted molar refractivity (Wildman–Crippen MR) is 206 cm³/mol. The van der Waals surface area contributed by atoms with Crippen molar-refractivity contribution in [1.29, 1.82) is 0 Å². The second kappa shape index (κ2) is 12.7. The van der Waals surface area contributed by atoms with E-state index in [1.54, 1.807) is 27.5 Å². The molecule has 9 rings (SSSR count). The molecule has 1 spiro atoms. The van der Waals surface area contributed by atoms with E-state index in [0.29, 0.717) is 24.7 Å². The van der Waals surface area contributed by atoms with Crippen molar-refractivity contribution in [3.05, 3.63) is 148 Å². The lowest BCUT2D eigenvalue weighted by Gasteiger charge is -2.40. The second-order valence-electron chi connectivity index (χ2n) is 15.3. The molecule has 3 aliphatic heterocycles. The molecule has 0 aromatic heterocycles. The van der Waals surface area contributed by atoms with Gasteiger partial charge in [0.25, 0.3) is 0 Å². The maximum atomic E-state index is 7.00. The van der Waals surface area contributed by atoms with Crippen molar-refractivity contribution in [3.63, 3.8) is 0 Å². The summed E-state index contributed by atoms with van der Waals surface area (Å²) >= 11 is 0. The van der Waals surface area contributed by atoms with E-state index < -0.39 is 0 Å². The molecule has 9 unspecified atom stereocenters. The third kappa shape index (κ3) is 4.92. The predicted octanol–water partition coefficient (Wildman–Crippen LogP) is 8.00. The summed E-state index contributed by atoms with van der Waals surface area (Å²) in [7, 11) is 5.24. The first-order chi connectivity index (χ1) is 25.4. The van der Waals surface area contributed by atoms with Gasteiger partial charge >= 0.3 is 0 Å². The largest absolute Gasteiger partial charge is 0.500 e. The number of methoxy groups -OCH3 is 3. The Morgan fingerprint density at radius 2 is 1.90 bits per heavy atom. The molecule has 7 nitrogen and oxygen atoms in total. The Morgan fingerprint density at radius 3 is 2.69 bits per heavy atom. The van der Waals surface area contributed by atoms with Crippen molar-refractivity contribution in [3.8, 4) is 5.75 Å². The average molecular weight is 696 g/mol.